The van der Waals surface area contributed by atoms with Gasteiger partial charge in [-0.15, -0.1) is 11.3 Å². The molecule has 1 heterocycles. The highest BCUT2D eigenvalue weighted by Gasteiger charge is 2.16. The third-order valence-corrected chi connectivity index (χ3v) is 5.44. The summed E-state index contributed by atoms with van der Waals surface area (Å²) in [5, 5.41) is 4.60. The van der Waals surface area contributed by atoms with Crippen molar-refractivity contribution >= 4 is 27.3 Å². The van der Waals surface area contributed by atoms with E-state index in [0.29, 0.717) is 12.1 Å². The summed E-state index contributed by atoms with van der Waals surface area (Å²) in [4.78, 5) is 13.1. The first kappa shape index (κ1) is 18.6. The fourth-order valence-corrected chi connectivity index (χ4v) is 3.60. The molecule has 8 heteroatoms. The molecule has 0 radical (unpaired) electrons. The molecule has 1 aromatic heterocycles. The molecule has 0 aliphatic heterocycles. The van der Waals surface area contributed by atoms with Crippen LogP contribution in [0.4, 0.5) is 0 Å². The SMILES string of the molecule is CC(C)(N)CNC(=O)c1ccc(S(=O)(=O)NCc2cccs2)cc1. The Morgan fingerprint density at radius 2 is 1.88 bits per heavy atom. The van der Waals surface area contributed by atoms with Crippen molar-refractivity contribution in [3.63, 3.8) is 0 Å². The van der Waals surface area contributed by atoms with Crippen molar-refractivity contribution in [2.75, 3.05) is 6.54 Å². The molecular formula is C16H21N3O3S2. The van der Waals surface area contributed by atoms with Crippen molar-refractivity contribution in [2.24, 2.45) is 5.73 Å². The van der Waals surface area contributed by atoms with Gasteiger partial charge >= 0.3 is 0 Å². The maximum absolute atomic E-state index is 12.2. The summed E-state index contributed by atoms with van der Waals surface area (Å²) in [5.74, 6) is -0.288. The van der Waals surface area contributed by atoms with Crippen LogP contribution < -0.4 is 15.8 Å². The lowest BCUT2D eigenvalue weighted by molar-refractivity contribution is 0.0946. The van der Waals surface area contributed by atoms with Gasteiger partial charge in [-0.25, -0.2) is 13.1 Å². The average molecular weight is 367 g/mol. The number of amides is 1. The van der Waals surface area contributed by atoms with E-state index in [1.165, 1.54) is 35.6 Å². The molecule has 0 atom stereocenters. The van der Waals surface area contributed by atoms with E-state index in [4.69, 9.17) is 5.73 Å². The van der Waals surface area contributed by atoms with Crippen LogP contribution >= 0.6 is 11.3 Å². The molecule has 4 N–H and O–H groups in total. The topological polar surface area (TPSA) is 101 Å². The molecule has 0 spiro atoms. The Morgan fingerprint density at radius 3 is 2.42 bits per heavy atom. The molecule has 0 saturated carbocycles. The number of sulfonamides is 1. The number of benzene rings is 1. The predicted molar refractivity (Wildman–Crippen MR) is 95.4 cm³/mol. The van der Waals surface area contributed by atoms with Gasteiger partial charge in [-0.2, -0.15) is 0 Å². The second kappa shape index (κ2) is 7.43. The number of carbonyl (C=O) groups excluding carboxylic acids is 1. The smallest absolute Gasteiger partial charge is 0.251 e. The first-order valence-corrected chi connectivity index (χ1v) is 9.73. The zero-order chi connectivity index (χ0) is 17.8. The zero-order valence-electron chi connectivity index (χ0n) is 13.6. The fourth-order valence-electron chi connectivity index (χ4n) is 1.86. The van der Waals surface area contributed by atoms with Gasteiger partial charge < -0.3 is 11.1 Å². The number of nitrogens with one attached hydrogen (secondary N) is 2. The number of nitrogens with two attached hydrogens (primary N) is 1. The molecule has 6 nitrogen and oxygen atoms in total. The Hall–Kier alpha value is -1.74. The van der Waals surface area contributed by atoms with E-state index in [9.17, 15) is 13.2 Å². The van der Waals surface area contributed by atoms with E-state index < -0.39 is 15.6 Å². The van der Waals surface area contributed by atoms with Crippen molar-refractivity contribution < 1.29 is 13.2 Å². The number of hydrogen-bond donors (Lipinski definition) is 3. The summed E-state index contributed by atoms with van der Waals surface area (Å²) in [6, 6.07) is 9.53. The van der Waals surface area contributed by atoms with Gasteiger partial charge in [0.05, 0.1) is 4.90 Å². The second-order valence-electron chi connectivity index (χ2n) is 6.10. The normalized spacial score (nSPS) is 12.1. The Bertz CT molecular complexity index is 777. The van der Waals surface area contributed by atoms with Crippen LogP contribution in [0.15, 0.2) is 46.7 Å². The van der Waals surface area contributed by atoms with Crippen LogP contribution in [0.5, 0.6) is 0 Å². The van der Waals surface area contributed by atoms with E-state index in [1.807, 2.05) is 31.4 Å². The van der Waals surface area contributed by atoms with Crippen LogP contribution in [0.1, 0.15) is 29.1 Å². The van der Waals surface area contributed by atoms with Gasteiger partial charge in [-0.3, -0.25) is 4.79 Å². The van der Waals surface area contributed by atoms with Crippen LogP contribution in [-0.4, -0.2) is 26.4 Å². The van der Waals surface area contributed by atoms with Crippen molar-refractivity contribution in [3.8, 4) is 0 Å². The monoisotopic (exact) mass is 367 g/mol. The minimum Gasteiger partial charge on any atom is -0.350 e. The highest BCUT2D eigenvalue weighted by Crippen LogP contribution is 2.13. The van der Waals surface area contributed by atoms with Gasteiger partial charge in [0, 0.05) is 29.1 Å². The fraction of sp³-hybridized carbons (Fsp3) is 0.312. The van der Waals surface area contributed by atoms with Gasteiger partial charge in [-0.05, 0) is 49.6 Å². The summed E-state index contributed by atoms with van der Waals surface area (Å²) in [6.45, 7) is 4.19. The molecule has 0 bridgehead atoms. The molecule has 0 fully saturated rings. The molecule has 130 valence electrons. The predicted octanol–water partition coefficient (Wildman–Crippen LogP) is 1.69. The third kappa shape index (κ3) is 5.41. The van der Waals surface area contributed by atoms with E-state index in [1.54, 1.807) is 0 Å². The highest BCUT2D eigenvalue weighted by molar-refractivity contribution is 7.89. The highest BCUT2D eigenvalue weighted by atomic mass is 32.2. The van der Waals surface area contributed by atoms with Crippen LogP contribution in [0.25, 0.3) is 0 Å². The lowest BCUT2D eigenvalue weighted by Crippen LogP contribution is -2.45. The molecule has 0 aliphatic rings. The van der Waals surface area contributed by atoms with E-state index in [-0.39, 0.29) is 17.3 Å². The quantitative estimate of drug-likeness (QED) is 0.693. The van der Waals surface area contributed by atoms with Crippen molar-refractivity contribution in [1.29, 1.82) is 0 Å². The van der Waals surface area contributed by atoms with Gasteiger partial charge in [-0.1, -0.05) is 6.07 Å². The van der Waals surface area contributed by atoms with Crippen LogP contribution in [0.2, 0.25) is 0 Å². The summed E-state index contributed by atoms with van der Waals surface area (Å²) in [6.07, 6.45) is 0. The maximum Gasteiger partial charge on any atom is 0.251 e. The summed E-state index contributed by atoms with van der Waals surface area (Å²) < 4.78 is 27.0. The van der Waals surface area contributed by atoms with Gasteiger partial charge in [0.2, 0.25) is 10.0 Å². The molecule has 2 rings (SSSR count). The number of rotatable bonds is 7. The molecule has 0 aliphatic carbocycles. The Balaban J connectivity index is 2.01. The van der Waals surface area contributed by atoms with Crippen molar-refractivity contribution in [3.05, 3.63) is 52.2 Å². The van der Waals surface area contributed by atoms with Crippen LogP contribution in [0.3, 0.4) is 0 Å². The van der Waals surface area contributed by atoms with Crippen molar-refractivity contribution in [1.82, 2.24) is 10.0 Å². The summed E-state index contributed by atoms with van der Waals surface area (Å²) in [5.41, 5.74) is 5.69. The Labute approximate surface area is 146 Å². The first-order valence-electron chi connectivity index (χ1n) is 7.37. The Kier molecular flexibility index (Phi) is 5.76. The molecule has 24 heavy (non-hydrogen) atoms. The van der Waals surface area contributed by atoms with Gasteiger partial charge in [0.15, 0.2) is 0 Å². The maximum atomic E-state index is 12.2. The number of thiophene rings is 1. The second-order valence-corrected chi connectivity index (χ2v) is 8.90. The summed E-state index contributed by atoms with van der Waals surface area (Å²) in [7, 11) is -3.61. The average Bonchev–Trinajstić information content (AvgIpc) is 3.04. The molecule has 1 aromatic carbocycles. The minimum atomic E-state index is -3.61. The first-order chi connectivity index (χ1) is 11.2. The van der Waals surface area contributed by atoms with E-state index >= 15 is 0 Å². The number of hydrogen-bond acceptors (Lipinski definition) is 5. The Morgan fingerprint density at radius 1 is 1.21 bits per heavy atom. The zero-order valence-corrected chi connectivity index (χ0v) is 15.2. The van der Waals surface area contributed by atoms with Gasteiger partial charge in [0.25, 0.3) is 5.91 Å². The third-order valence-electron chi connectivity index (χ3n) is 3.15. The lowest BCUT2D eigenvalue weighted by Gasteiger charge is -2.18. The molecule has 2 aromatic rings. The molecular weight excluding hydrogens is 346 g/mol. The molecule has 1 amide bonds. The van der Waals surface area contributed by atoms with Crippen LogP contribution in [0, 0.1) is 0 Å². The van der Waals surface area contributed by atoms with E-state index in [2.05, 4.69) is 10.0 Å². The largest absolute Gasteiger partial charge is 0.350 e. The standard InChI is InChI=1S/C16H21N3O3S2/c1-16(2,17)11-18-15(20)12-5-7-14(8-6-12)24(21,22)19-10-13-4-3-9-23-13/h3-9,19H,10-11,17H2,1-2H3,(H,18,20). The molecule has 0 saturated heterocycles. The van der Waals surface area contributed by atoms with Crippen LogP contribution in [-0.2, 0) is 16.6 Å². The van der Waals surface area contributed by atoms with Crippen molar-refractivity contribution in [2.45, 2.75) is 30.8 Å². The minimum absolute atomic E-state index is 0.120. The van der Waals surface area contributed by atoms with E-state index in [0.717, 1.165) is 4.88 Å². The summed E-state index contributed by atoms with van der Waals surface area (Å²) >= 11 is 1.48. The lowest BCUT2D eigenvalue weighted by atomic mass is 10.1. The molecule has 0 unspecified atom stereocenters. The van der Waals surface area contributed by atoms with Gasteiger partial charge in [0.1, 0.15) is 0 Å². The number of carbonyl (C=O) groups is 1.